The predicted molar refractivity (Wildman–Crippen MR) is 102 cm³/mol. The summed E-state index contributed by atoms with van der Waals surface area (Å²) in [6.07, 6.45) is 4.45. The van der Waals surface area contributed by atoms with Crippen molar-refractivity contribution >= 4 is 5.91 Å². The van der Waals surface area contributed by atoms with E-state index < -0.39 is 0 Å². The third-order valence-corrected chi connectivity index (χ3v) is 4.15. The molecule has 1 N–H and O–H groups in total. The molecule has 0 atom stereocenters. The molecule has 2 aromatic heterocycles. The van der Waals surface area contributed by atoms with Gasteiger partial charge in [0.05, 0.1) is 5.69 Å². The molecule has 0 fully saturated rings. The Morgan fingerprint density at radius 3 is 2.85 bits per heavy atom. The van der Waals surface area contributed by atoms with Gasteiger partial charge in [-0.25, -0.2) is 0 Å². The van der Waals surface area contributed by atoms with Crippen LogP contribution in [0.3, 0.4) is 0 Å². The van der Waals surface area contributed by atoms with Crippen LogP contribution in [0.2, 0.25) is 0 Å². The number of aryl methyl sites for hydroxylation is 2. The van der Waals surface area contributed by atoms with Crippen LogP contribution in [0.1, 0.15) is 33.1 Å². The average Bonchev–Trinajstić information content (AvgIpc) is 3.25. The number of nitrogens with one attached hydrogen (secondary N) is 1. The normalized spacial score (nSPS) is 10.6. The number of ether oxygens (including phenoxy) is 1. The smallest absolute Gasteiger partial charge is 0.287 e. The van der Waals surface area contributed by atoms with Crippen LogP contribution in [0.5, 0.6) is 5.75 Å². The molecule has 3 rings (SSSR count). The van der Waals surface area contributed by atoms with E-state index in [1.165, 1.54) is 0 Å². The number of nitrogens with zero attached hydrogens (tertiary/aromatic N) is 2. The highest BCUT2D eigenvalue weighted by molar-refractivity contribution is 5.91. The highest BCUT2D eigenvalue weighted by atomic mass is 16.5. The molecule has 0 aliphatic heterocycles. The second-order valence-electron chi connectivity index (χ2n) is 6.25. The lowest BCUT2D eigenvalue weighted by atomic mass is 10.1. The van der Waals surface area contributed by atoms with E-state index in [0.29, 0.717) is 12.3 Å². The summed E-state index contributed by atoms with van der Waals surface area (Å²) in [5, 5.41) is 7.10. The fourth-order valence-electron chi connectivity index (χ4n) is 2.78. The van der Waals surface area contributed by atoms with Crippen molar-refractivity contribution in [3.63, 3.8) is 0 Å². The van der Waals surface area contributed by atoms with Crippen molar-refractivity contribution in [3.8, 4) is 5.75 Å². The van der Waals surface area contributed by atoms with E-state index in [9.17, 15) is 4.79 Å². The Balaban J connectivity index is 1.57. The number of benzene rings is 1. The van der Waals surface area contributed by atoms with Crippen molar-refractivity contribution in [3.05, 3.63) is 83.6 Å². The number of aromatic nitrogens is 2. The highest BCUT2D eigenvalue weighted by Crippen LogP contribution is 2.20. The minimum Gasteiger partial charge on any atom is -0.485 e. The summed E-state index contributed by atoms with van der Waals surface area (Å²) in [6, 6.07) is 11.2. The highest BCUT2D eigenvalue weighted by Gasteiger charge is 2.13. The summed E-state index contributed by atoms with van der Waals surface area (Å²) < 4.78 is 13.2. The molecule has 3 aromatic rings. The van der Waals surface area contributed by atoms with Crippen LogP contribution in [0.25, 0.3) is 0 Å². The van der Waals surface area contributed by atoms with Gasteiger partial charge < -0.3 is 14.5 Å². The Labute approximate surface area is 158 Å². The van der Waals surface area contributed by atoms with Gasteiger partial charge in [0.2, 0.25) is 0 Å². The molecule has 0 saturated carbocycles. The molecule has 0 aliphatic carbocycles. The quantitative estimate of drug-likeness (QED) is 0.620. The number of amides is 1. The van der Waals surface area contributed by atoms with E-state index in [4.69, 9.17) is 9.15 Å². The number of carbonyl (C=O) groups excluding carboxylic acids is 1. The lowest BCUT2D eigenvalue weighted by Gasteiger charge is -2.09. The average molecular weight is 365 g/mol. The molecule has 1 aromatic carbocycles. The second kappa shape index (κ2) is 8.40. The number of allylic oxidation sites excluding steroid dienone is 1. The van der Waals surface area contributed by atoms with E-state index in [2.05, 4.69) is 17.0 Å². The zero-order valence-electron chi connectivity index (χ0n) is 15.6. The fourth-order valence-corrected chi connectivity index (χ4v) is 2.78. The Bertz CT molecular complexity index is 940. The van der Waals surface area contributed by atoms with Crippen LogP contribution in [0.4, 0.5) is 0 Å². The van der Waals surface area contributed by atoms with Gasteiger partial charge in [-0.15, -0.1) is 6.58 Å². The first kappa shape index (κ1) is 18.5. The van der Waals surface area contributed by atoms with Crippen molar-refractivity contribution in [2.75, 3.05) is 0 Å². The Morgan fingerprint density at radius 1 is 1.30 bits per heavy atom. The van der Waals surface area contributed by atoms with Gasteiger partial charge in [0.25, 0.3) is 5.91 Å². The van der Waals surface area contributed by atoms with Crippen molar-refractivity contribution in [2.24, 2.45) is 7.05 Å². The minimum absolute atomic E-state index is 0.253. The maximum Gasteiger partial charge on any atom is 0.287 e. The van der Waals surface area contributed by atoms with Gasteiger partial charge in [0.1, 0.15) is 18.1 Å². The van der Waals surface area contributed by atoms with E-state index in [1.54, 1.807) is 16.8 Å². The zero-order chi connectivity index (χ0) is 19.2. The summed E-state index contributed by atoms with van der Waals surface area (Å²) in [6.45, 7) is 6.33. The molecule has 0 spiro atoms. The van der Waals surface area contributed by atoms with Crippen LogP contribution in [-0.4, -0.2) is 15.7 Å². The minimum atomic E-state index is -0.267. The molecule has 0 saturated heterocycles. The van der Waals surface area contributed by atoms with E-state index in [0.717, 1.165) is 29.0 Å². The Morgan fingerprint density at radius 2 is 2.11 bits per heavy atom. The van der Waals surface area contributed by atoms with Gasteiger partial charge in [-0.2, -0.15) is 5.10 Å². The van der Waals surface area contributed by atoms with Crippen molar-refractivity contribution in [1.82, 2.24) is 15.1 Å². The first-order valence-corrected chi connectivity index (χ1v) is 8.74. The van der Waals surface area contributed by atoms with Crippen LogP contribution in [0.15, 0.2) is 59.7 Å². The molecule has 2 heterocycles. The van der Waals surface area contributed by atoms with Crippen molar-refractivity contribution < 1.29 is 13.9 Å². The van der Waals surface area contributed by atoms with Gasteiger partial charge in [-0.3, -0.25) is 9.48 Å². The van der Waals surface area contributed by atoms with Crippen molar-refractivity contribution in [1.29, 1.82) is 0 Å². The number of furan rings is 1. The maximum atomic E-state index is 12.3. The molecule has 140 valence electrons. The molecule has 0 aliphatic rings. The largest absolute Gasteiger partial charge is 0.485 e. The van der Waals surface area contributed by atoms with Crippen LogP contribution in [0, 0.1) is 6.92 Å². The number of rotatable bonds is 8. The summed E-state index contributed by atoms with van der Waals surface area (Å²) in [7, 11) is 1.85. The van der Waals surface area contributed by atoms with Crippen LogP contribution < -0.4 is 10.1 Å². The molecular formula is C21H23N3O3. The van der Waals surface area contributed by atoms with E-state index >= 15 is 0 Å². The maximum absolute atomic E-state index is 12.3. The number of hydrogen-bond donors (Lipinski definition) is 1. The van der Waals surface area contributed by atoms with Crippen LogP contribution in [-0.2, 0) is 26.6 Å². The van der Waals surface area contributed by atoms with E-state index in [-0.39, 0.29) is 18.3 Å². The first-order valence-electron chi connectivity index (χ1n) is 8.74. The lowest BCUT2D eigenvalue weighted by Crippen LogP contribution is -2.22. The molecule has 27 heavy (non-hydrogen) atoms. The topological polar surface area (TPSA) is 69.3 Å². The fraction of sp³-hybridized carbons (Fsp3) is 0.238. The van der Waals surface area contributed by atoms with Gasteiger partial charge in [0, 0.05) is 25.4 Å². The monoisotopic (exact) mass is 365 g/mol. The summed E-state index contributed by atoms with van der Waals surface area (Å²) in [5.74, 6) is 1.36. The molecule has 0 radical (unpaired) electrons. The number of para-hydroxylation sites is 1. The van der Waals surface area contributed by atoms with Crippen molar-refractivity contribution in [2.45, 2.75) is 26.5 Å². The molecular weight excluding hydrogens is 342 g/mol. The SMILES string of the molecule is C=CCc1ccccc1OCc1ccc(C(=O)NCc2cn(C)nc2C)o1. The first-order chi connectivity index (χ1) is 13.1. The number of carbonyl (C=O) groups is 1. The van der Waals surface area contributed by atoms with Crippen LogP contribution >= 0.6 is 0 Å². The van der Waals surface area contributed by atoms with Gasteiger partial charge in [-0.1, -0.05) is 24.3 Å². The molecule has 1 amide bonds. The lowest BCUT2D eigenvalue weighted by molar-refractivity contribution is 0.0919. The summed E-state index contributed by atoms with van der Waals surface area (Å²) in [4.78, 5) is 12.3. The summed E-state index contributed by atoms with van der Waals surface area (Å²) >= 11 is 0. The third kappa shape index (κ3) is 4.67. The van der Waals surface area contributed by atoms with Gasteiger partial charge in [-0.05, 0) is 37.1 Å². The van der Waals surface area contributed by atoms with Gasteiger partial charge >= 0.3 is 0 Å². The van der Waals surface area contributed by atoms with E-state index in [1.807, 2.05) is 50.5 Å². The second-order valence-corrected chi connectivity index (χ2v) is 6.25. The predicted octanol–water partition coefficient (Wildman–Crippen LogP) is 3.56. The third-order valence-electron chi connectivity index (χ3n) is 4.15. The molecule has 6 nitrogen and oxygen atoms in total. The summed E-state index contributed by atoms with van der Waals surface area (Å²) in [5.41, 5.74) is 2.92. The molecule has 0 bridgehead atoms. The number of hydrogen-bond acceptors (Lipinski definition) is 4. The molecule has 0 unspecified atom stereocenters. The Kier molecular flexibility index (Phi) is 5.76. The zero-order valence-corrected chi connectivity index (χ0v) is 15.6. The molecule has 6 heteroatoms. The Hall–Kier alpha value is -3.28. The van der Waals surface area contributed by atoms with Gasteiger partial charge in [0.15, 0.2) is 5.76 Å². The standard InChI is InChI=1S/C21H23N3O3/c1-4-7-16-8-5-6-9-19(16)26-14-18-10-11-20(27-18)21(25)22-12-17-13-24(3)23-15(17)2/h4-6,8-11,13H,1,7,12,14H2,2-3H3,(H,22,25).